The molecule has 7 heteroatoms. The van der Waals surface area contributed by atoms with E-state index >= 15 is 0 Å². The molecule has 0 atom stereocenters. The predicted molar refractivity (Wildman–Crippen MR) is 103 cm³/mol. The van der Waals surface area contributed by atoms with Gasteiger partial charge in [-0.05, 0) is 42.5 Å². The van der Waals surface area contributed by atoms with Crippen molar-refractivity contribution in [1.82, 2.24) is 15.5 Å². The third-order valence-corrected chi connectivity index (χ3v) is 4.39. The van der Waals surface area contributed by atoms with Crippen LogP contribution >= 0.6 is 11.6 Å². The van der Waals surface area contributed by atoms with E-state index in [2.05, 4.69) is 20.8 Å². The Balaban J connectivity index is 2.38. The van der Waals surface area contributed by atoms with Crippen LogP contribution < -0.4 is 10.6 Å². The van der Waals surface area contributed by atoms with E-state index in [1.165, 1.54) is 12.3 Å². The van der Waals surface area contributed by atoms with Crippen LogP contribution in [0.1, 0.15) is 59.2 Å². The van der Waals surface area contributed by atoms with Crippen molar-refractivity contribution in [2.24, 2.45) is 0 Å². The molecule has 0 radical (unpaired) electrons. The summed E-state index contributed by atoms with van der Waals surface area (Å²) in [4.78, 5) is 25.1. The van der Waals surface area contributed by atoms with Gasteiger partial charge in [-0.3, -0.25) is 9.59 Å². The minimum absolute atomic E-state index is 0.0107. The Labute approximate surface area is 158 Å². The standard InChI is InChI=1S/C19H23ClN4O2/c1-4-10-21-19(26)17-14(9-11-22-24-17)18(25)23-16-12(5-2)7-8-15(20)13(16)6-3/h7-9,11H,4-6,10H2,1-3H3,(H,21,26)(H,23,25). The lowest BCUT2D eigenvalue weighted by Gasteiger charge is -2.16. The highest BCUT2D eigenvalue weighted by Gasteiger charge is 2.21. The molecule has 26 heavy (non-hydrogen) atoms. The van der Waals surface area contributed by atoms with E-state index < -0.39 is 11.8 Å². The average Bonchev–Trinajstić information content (AvgIpc) is 2.66. The second-order valence-electron chi connectivity index (χ2n) is 5.77. The van der Waals surface area contributed by atoms with E-state index in [0.29, 0.717) is 23.7 Å². The van der Waals surface area contributed by atoms with Gasteiger partial charge >= 0.3 is 0 Å². The van der Waals surface area contributed by atoms with Crippen LogP contribution in [0.3, 0.4) is 0 Å². The lowest BCUT2D eigenvalue weighted by molar-refractivity contribution is 0.0934. The zero-order valence-corrected chi connectivity index (χ0v) is 16.0. The third kappa shape index (κ3) is 4.38. The number of carbonyl (C=O) groups is 2. The van der Waals surface area contributed by atoms with Gasteiger partial charge in [-0.1, -0.05) is 38.4 Å². The van der Waals surface area contributed by atoms with Crippen LogP contribution in [-0.4, -0.2) is 28.6 Å². The minimum Gasteiger partial charge on any atom is -0.351 e. The third-order valence-electron chi connectivity index (χ3n) is 4.03. The molecule has 0 saturated heterocycles. The van der Waals surface area contributed by atoms with Crippen molar-refractivity contribution >= 4 is 29.1 Å². The first kappa shape index (κ1) is 19.8. The SMILES string of the molecule is CCCNC(=O)c1nnccc1C(=O)Nc1c(CC)ccc(Cl)c1CC. The van der Waals surface area contributed by atoms with E-state index in [4.69, 9.17) is 11.6 Å². The van der Waals surface area contributed by atoms with E-state index in [0.717, 1.165) is 24.0 Å². The highest BCUT2D eigenvalue weighted by molar-refractivity contribution is 6.32. The molecule has 1 aromatic heterocycles. The Morgan fingerprint density at radius 1 is 1.08 bits per heavy atom. The summed E-state index contributed by atoms with van der Waals surface area (Å²) in [6.45, 7) is 6.44. The van der Waals surface area contributed by atoms with E-state index in [-0.39, 0.29) is 11.3 Å². The Bertz CT molecular complexity index is 808. The molecular formula is C19H23ClN4O2. The summed E-state index contributed by atoms with van der Waals surface area (Å²) in [7, 11) is 0. The van der Waals surface area contributed by atoms with Crippen LogP contribution in [0.25, 0.3) is 0 Å². The molecule has 0 spiro atoms. The number of hydrogen-bond donors (Lipinski definition) is 2. The van der Waals surface area contributed by atoms with Gasteiger partial charge in [-0.25, -0.2) is 0 Å². The molecule has 2 amide bonds. The maximum Gasteiger partial charge on any atom is 0.272 e. The van der Waals surface area contributed by atoms with E-state index in [9.17, 15) is 9.59 Å². The lowest BCUT2D eigenvalue weighted by atomic mass is 10.0. The van der Waals surface area contributed by atoms with Gasteiger partial charge in [-0.15, -0.1) is 5.10 Å². The molecule has 0 fully saturated rings. The van der Waals surface area contributed by atoms with Gasteiger partial charge in [0.1, 0.15) is 0 Å². The largest absolute Gasteiger partial charge is 0.351 e. The Morgan fingerprint density at radius 2 is 1.85 bits per heavy atom. The number of rotatable bonds is 7. The molecule has 1 heterocycles. The molecule has 0 saturated carbocycles. The Hall–Kier alpha value is -2.47. The summed E-state index contributed by atoms with van der Waals surface area (Å²) in [5.74, 6) is -0.823. The summed E-state index contributed by atoms with van der Waals surface area (Å²) < 4.78 is 0. The molecule has 138 valence electrons. The van der Waals surface area contributed by atoms with Gasteiger partial charge < -0.3 is 10.6 Å². The fourth-order valence-electron chi connectivity index (χ4n) is 2.65. The first-order chi connectivity index (χ1) is 12.5. The molecule has 1 aromatic carbocycles. The number of halogens is 1. The van der Waals surface area contributed by atoms with Gasteiger partial charge in [0.05, 0.1) is 11.8 Å². The summed E-state index contributed by atoms with van der Waals surface area (Å²) in [5.41, 5.74) is 2.75. The first-order valence-corrected chi connectivity index (χ1v) is 9.12. The molecule has 6 nitrogen and oxygen atoms in total. The topological polar surface area (TPSA) is 84.0 Å². The number of aromatic nitrogens is 2. The zero-order valence-electron chi connectivity index (χ0n) is 15.2. The number of anilines is 1. The van der Waals surface area contributed by atoms with Gasteiger partial charge in [0, 0.05) is 17.3 Å². The molecule has 0 bridgehead atoms. The minimum atomic E-state index is -0.414. The lowest BCUT2D eigenvalue weighted by Crippen LogP contribution is -2.29. The van der Waals surface area contributed by atoms with Crippen molar-refractivity contribution in [3.05, 3.63) is 51.8 Å². The maximum atomic E-state index is 12.9. The number of benzene rings is 1. The van der Waals surface area contributed by atoms with Gasteiger partial charge in [-0.2, -0.15) is 5.10 Å². The average molecular weight is 375 g/mol. The number of amides is 2. The summed E-state index contributed by atoms with van der Waals surface area (Å²) >= 11 is 6.29. The van der Waals surface area contributed by atoms with Crippen LogP contribution in [0.2, 0.25) is 5.02 Å². The number of nitrogens with zero attached hydrogens (tertiary/aromatic N) is 2. The smallest absolute Gasteiger partial charge is 0.272 e. The Kier molecular flexibility index (Phi) is 7.09. The first-order valence-electron chi connectivity index (χ1n) is 8.74. The fourth-order valence-corrected chi connectivity index (χ4v) is 2.94. The monoisotopic (exact) mass is 374 g/mol. The van der Waals surface area contributed by atoms with E-state index in [1.807, 2.05) is 32.9 Å². The number of nitrogens with one attached hydrogen (secondary N) is 2. The Morgan fingerprint density at radius 3 is 2.50 bits per heavy atom. The van der Waals surface area contributed by atoms with Crippen molar-refractivity contribution in [3.8, 4) is 0 Å². The van der Waals surface area contributed by atoms with Gasteiger partial charge in [0.15, 0.2) is 5.69 Å². The maximum absolute atomic E-state index is 12.9. The second kappa shape index (κ2) is 9.29. The molecule has 0 unspecified atom stereocenters. The zero-order chi connectivity index (χ0) is 19.1. The van der Waals surface area contributed by atoms with Crippen molar-refractivity contribution in [1.29, 1.82) is 0 Å². The summed E-state index contributed by atoms with van der Waals surface area (Å²) in [6.07, 6.45) is 3.61. The molecule has 2 aromatic rings. The molecule has 0 aliphatic carbocycles. The van der Waals surface area contributed by atoms with Crippen molar-refractivity contribution < 1.29 is 9.59 Å². The summed E-state index contributed by atoms with van der Waals surface area (Å²) in [5, 5.41) is 13.8. The normalized spacial score (nSPS) is 10.5. The summed E-state index contributed by atoms with van der Waals surface area (Å²) in [6, 6.07) is 5.23. The number of carbonyl (C=O) groups excluding carboxylic acids is 2. The molecule has 2 N–H and O–H groups in total. The van der Waals surface area contributed by atoms with Crippen molar-refractivity contribution in [3.63, 3.8) is 0 Å². The van der Waals surface area contributed by atoms with Crippen molar-refractivity contribution in [2.75, 3.05) is 11.9 Å². The molecule has 2 rings (SSSR count). The quantitative estimate of drug-likeness (QED) is 0.774. The highest BCUT2D eigenvalue weighted by atomic mass is 35.5. The molecular weight excluding hydrogens is 352 g/mol. The van der Waals surface area contributed by atoms with Crippen molar-refractivity contribution in [2.45, 2.75) is 40.0 Å². The number of aryl methyl sites for hydroxylation is 1. The van der Waals surface area contributed by atoms with Crippen LogP contribution in [0, 0.1) is 0 Å². The van der Waals surface area contributed by atoms with Gasteiger partial charge in [0.2, 0.25) is 0 Å². The van der Waals surface area contributed by atoms with Crippen LogP contribution in [0.4, 0.5) is 5.69 Å². The second-order valence-corrected chi connectivity index (χ2v) is 6.18. The molecule has 0 aliphatic heterocycles. The number of hydrogen-bond acceptors (Lipinski definition) is 4. The van der Waals surface area contributed by atoms with Crippen LogP contribution in [0.15, 0.2) is 24.4 Å². The van der Waals surface area contributed by atoms with E-state index in [1.54, 1.807) is 0 Å². The molecule has 0 aliphatic rings. The van der Waals surface area contributed by atoms with Crippen LogP contribution in [-0.2, 0) is 12.8 Å². The van der Waals surface area contributed by atoms with Gasteiger partial charge in [0.25, 0.3) is 11.8 Å². The highest BCUT2D eigenvalue weighted by Crippen LogP contribution is 2.30. The van der Waals surface area contributed by atoms with Crippen LogP contribution in [0.5, 0.6) is 0 Å². The fraction of sp³-hybridized carbons (Fsp3) is 0.368. The predicted octanol–water partition coefficient (Wildman–Crippen LogP) is 3.65.